The van der Waals surface area contributed by atoms with Gasteiger partial charge >= 0.3 is 0 Å². The van der Waals surface area contributed by atoms with Gasteiger partial charge in [-0.3, -0.25) is 4.85 Å². The number of tetrazole rings is 1. The van der Waals surface area contributed by atoms with Gasteiger partial charge in [0.15, 0.2) is 13.3 Å². The third kappa shape index (κ3) is 5.10. The van der Waals surface area contributed by atoms with Crippen LogP contribution in [-0.4, -0.2) is 23.1 Å². The van der Waals surface area contributed by atoms with Gasteiger partial charge in [-0.25, -0.2) is 0 Å². The first-order valence-corrected chi connectivity index (χ1v) is 15.4. The summed E-state index contributed by atoms with van der Waals surface area (Å²) in [5.41, 5.74) is 8.51. The van der Waals surface area contributed by atoms with Crippen molar-refractivity contribution in [3.05, 3.63) is 114 Å². The molecule has 1 radical (unpaired) electrons. The standard InChI is InChI=1S/C30H27N5Si.Ir/c1-22-19-20-25(21-28(22)31-2)35-33-32-30(36(3,4)5)34(35)29-26(23-13-8-6-9-14-23)17-12-18-27(29)24-15-10-7-11-16-24;/h6-19,21H,1,3-5H3;. The summed E-state index contributed by atoms with van der Waals surface area (Å²) in [6.07, 6.45) is 0. The second kappa shape index (κ2) is 10.7. The molecule has 1 aromatic heterocycles. The molecule has 0 fully saturated rings. The van der Waals surface area contributed by atoms with E-state index in [4.69, 9.17) is 11.7 Å². The molecule has 185 valence electrons. The molecule has 5 aromatic rings. The predicted molar refractivity (Wildman–Crippen MR) is 147 cm³/mol. The zero-order valence-corrected chi connectivity index (χ0v) is 24.6. The van der Waals surface area contributed by atoms with Gasteiger partial charge in [0.2, 0.25) is 0 Å². The first-order chi connectivity index (χ1) is 17.4. The number of rotatable bonds is 5. The van der Waals surface area contributed by atoms with E-state index in [0.29, 0.717) is 11.4 Å². The van der Waals surface area contributed by atoms with Crippen LogP contribution in [0.25, 0.3) is 38.5 Å². The molecule has 0 atom stereocenters. The van der Waals surface area contributed by atoms with Crippen LogP contribution in [0.4, 0.5) is 5.69 Å². The van der Waals surface area contributed by atoms with E-state index in [1.165, 1.54) is 0 Å². The number of aromatic nitrogens is 4. The molecular formula is C30H27IrN5Si. The first-order valence-electron chi connectivity index (χ1n) is 11.9. The van der Waals surface area contributed by atoms with Gasteiger partial charge in [-0.15, -0.1) is 16.8 Å². The van der Waals surface area contributed by atoms with Crippen molar-refractivity contribution in [2.24, 2.45) is 0 Å². The van der Waals surface area contributed by atoms with E-state index >= 15 is 0 Å². The van der Waals surface area contributed by atoms with E-state index in [-0.39, 0.29) is 20.1 Å². The molecule has 0 bridgehead atoms. The average molecular weight is 678 g/mol. The van der Waals surface area contributed by atoms with Gasteiger partial charge < -0.3 is 0 Å². The molecular weight excluding hydrogens is 651 g/mol. The first kappa shape index (κ1) is 26.4. The van der Waals surface area contributed by atoms with Gasteiger partial charge in [0.05, 0.1) is 23.0 Å². The van der Waals surface area contributed by atoms with E-state index in [0.717, 1.165) is 39.0 Å². The van der Waals surface area contributed by atoms with Gasteiger partial charge in [0.25, 0.3) is 5.45 Å². The number of aryl methyl sites for hydroxylation is 1. The van der Waals surface area contributed by atoms with Crippen molar-refractivity contribution in [2.45, 2.75) is 26.6 Å². The molecule has 1 heterocycles. The van der Waals surface area contributed by atoms with Crippen LogP contribution in [0.3, 0.4) is 0 Å². The van der Waals surface area contributed by atoms with Gasteiger partial charge in [0, 0.05) is 31.2 Å². The summed E-state index contributed by atoms with van der Waals surface area (Å²) >= 11 is 0. The van der Waals surface area contributed by atoms with Crippen molar-refractivity contribution < 1.29 is 24.9 Å². The van der Waals surface area contributed by atoms with E-state index < -0.39 is 8.07 Å². The summed E-state index contributed by atoms with van der Waals surface area (Å²) in [6.45, 7) is 16.4. The number of hydrogen-bond acceptors (Lipinski definition) is 2. The number of nitrogens with zero attached hydrogens (tertiary/aromatic N) is 5. The van der Waals surface area contributed by atoms with Crippen molar-refractivity contribution in [2.75, 3.05) is 0 Å². The third-order valence-electron chi connectivity index (χ3n) is 6.15. The summed E-state index contributed by atoms with van der Waals surface area (Å²) in [7, 11) is -1.96. The maximum atomic E-state index is 7.62. The summed E-state index contributed by atoms with van der Waals surface area (Å²) in [4.78, 5) is 5.51. The Morgan fingerprint density at radius 3 is 1.95 bits per heavy atom. The molecule has 4 aromatic carbocycles. The Morgan fingerprint density at radius 2 is 1.43 bits per heavy atom. The molecule has 5 rings (SSSR count). The van der Waals surface area contributed by atoms with Gasteiger partial charge in [-0.1, -0.05) is 105 Å². The zero-order chi connectivity index (χ0) is 25.3. The molecule has 0 aliphatic carbocycles. The van der Waals surface area contributed by atoms with Crippen LogP contribution >= 0.6 is 0 Å². The van der Waals surface area contributed by atoms with Crippen molar-refractivity contribution >= 4 is 19.2 Å². The second-order valence-corrected chi connectivity index (χ2v) is 14.7. The van der Waals surface area contributed by atoms with Crippen LogP contribution in [0.1, 0.15) is 5.56 Å². The van der Waals surface area contributed by atoms with Crippen molar-refractivity contribution in [1.82, 2.24) is 15.0 Å². The quantitative estimate of drug-likeness (QED) is 0.129. The number of hydrogen-bond donors (Lipinski definition) is 0. The Kier molecular flexibility index (Phi) is 7.65. The minimum absolute atomic E-state index is 0. The average Bonchev–Trinajstić information content (AvgIpc) is 3.35. The van der Waals surface area contributed by atoms with Gasteiger partial charge in [-0.2, -0.15) is 11.6 Å². The second-order valence-electron chi connectivity index (χ2n) is 9.80. The topological polar surface area (TPSA) is 39.0 Å². The molecule has 0 aliphatic rings. The van der Waals surface area contributed by atoms with E-state index in [9.17, 15) is 0 Å². The normalized spacial score (nSPS) is 11.0. The Balaban J connectivity index is 0.00000320. The fourth-order valence-corrected chi connectivity index (χ4v) is 5.52. The molecule has 0 unspecified atom stereocenters. The van der Waals surface area contributed by atoms with Crippen LogP contribution in [-0.2, 0) is 20.1 Å². The smallest absolute Gasteiger partial charge is 0.258 e. The van der Waals surface area contributed by atoms with Crippen molar-refractivity contribution in [3.63, 3.8) is 0 Å². The van der Waals surface area contributed by atoms with Crippen molar-refractivity contribution in [3.8, 4) is 33.6 Å². The van der Waals surface area contributed by atoms with Crippen LogP contribution in [0, 0.1) is 19.6 Å². The SMILES string of the molecule is [C-]#[N+]c1cc(-[n+]2nnc([Si](C)(C)C)n2-c2c(-c3ccccc3)cccc2-c2ccccc2)[c-]cc1C.[Ir]. The number of benzene rings is 4. The summed E-state index contributed by atoms with van der Waals surface area (Å²) in [6, 6.07) is 34.3. The van der Waals surface area contributed by atoms with Gasteiger partial charge in [-0.05, 0) is 15.9 Å². The molecule has 0 aliphatic heterocycles. The monoisotopic (exact) mass is 678 g/mol. The van der Waals surface area contributed by atoms with Crippen LogP contribution < -0.4 is 10.2 Å². The summed E-state index contributed by atoms with van der Waals surface area (Å²) in [5.74, 6) is 0. The van der Waals surface area contributed by atoms with Crippen LogP contribution in [0.5, 0.6) is 0 Å². The minimum atomic E-state index is -1.96. The summed E-state index contributed by atoms with van der Waals surface area (Å²) < 4.78 is 2.14. The molecule has 0 amide bonds. The van der Waals surface area contributed by atoms with Crippen LogP contribution in [0.2, 0.25) is 19.6 Å². The Morgan fingerprint density at radius 1 is 0.865 bits per heavy atom. The molecule has 0 saturated heterocycles. The van der Waals surface area contributed by atoms with Crippen LogP contribution in [0.15, 0.2) is 91.0 Å². The Hall–Kier alpha value is -3.69. The summed E-state index contributed by atoms with van der Waals surface area (Å²) in [5, 5.41) is 9.36. The zero-order valence-electron chi connectivity index (χ0n) is 21.2. The molecule has 5 nitrogen and oxygen atoms in total. The van der Waals surface area contributed by atoms with E-state index in [2.05, 4.69) is 107 Å². The Bertz CT molecular complexity index is 1520. The molecule has 0 N–H and O–H groups in total. The molecule has 7 heteroatoms. The molecule has 0 saturated carbocycles. The predicted octanol–water partition coefficient (Wildman–Crippen LogP) is 6.08. The van der Waals surface area contributed by atoms with E-state index in [1.54, 1.807) is 4.80 Å². The third-order valence-corrected chi connectivity index (χ3v) is 7.81. The van der Waals surface area contributed by atoms with Gasteiger partial charge in [0.1, 0.15) is 5.69 Å². The molecule has 0 spiro atoms. The minimum Gasteiger partial charge on any atom is -0.264 e. The molecule has 37 heavy (non-hydrogen) atoms. The van der Waals surface area contributed by atoms with Crippen molar-refractivity contribution in [1.29, 1.82) is 0 Å². The van der Waals surface area contributed by atoms with E-state index in [1.807, 2.05) is 31.2 Å². The fraction of sp³-hybridized carbons (Fsp3) is 0.133. The maximum absolute atomic E-state index is 7.62. The fourth-order valence-electron chi connectivity index (χ4n) is 4.33. The number of para-hydroxylation sites is 1. The Labute approximate surface area is 232 Å². The largest absolute Gasteiger partial charge is 0.264 e. The maximum Gasteiger partial charge on any atom is 0.258 e.